The molecule has 0 bridgehead atoms. The van der Waals surface area contributed by atoms with Gasteiger partial charge in [-0.25, -0.2) is 0 Å². The third kappa shape index (κ3) is 7.21. The second-order valence-electron chi connectivity index (χ2n) is 2.59. The lowest BCUT2D eigenvalue weighted by Crippen LogP contribution is -2.14. The maximum absolute atomic E-state index is 10.7. The highest BCUT2D eigenvalue weighted by Gasteiger charge is 2.01. The third-order valence-corrected chi connectivity index (χ3v) is 1.38. The van der Waals surface area contributed by atoms with Crippen LogP contribution < -0.4 is 5.48 Å². The quantitative estimate of drug-likeness (QED) is 0.477. The van der Waals surface area contributed by atoms with Crippen molar-refractivity contribution in [3.63, 3.8) is 0 Å². The fraction of sp³-hybridized carbons (Fsp3) is 0.750. The minimum Gasteiger partial charge on any atom is -0.371 e. The van der Waals surface area contributed by atoms with Crippen LogP contribution in [-0.4, -0.2) is 18.8 Å². The van der Waals surface area contributed by atoms with Crippen LogP contribution in [0.4, 0.5) is 0 Å². The summed E-state index contributed by atoms with van der Waals surface area (Å²) in [5.74, 6) is -0.113. The molecule has 4 nitrogen and oxygen atoms in total. The van der Waals surface area contributed by atoms with Gasteiger partial charge in [0.15, 0.2) is 0 Å². The van der Waals surface area contributed by atoms with Crippen molar-refractivity contribution in [3.8, 4) is 0 Å². The first-order valence-electron chi connectivity index (χ1n) is 4.02. The molecule has 0 saturated heterocycles. The lowest BCUT2D eigenvalue weighted by Gasteiger charge is -1.99. The number of hydrogen-bond acceptors (Lipinski definition) is 4. The Morgan fingerprint density at radius 3 is 2.33 bits per heavy atom. The van der Waals surface area contributed by atoms with Crippen molar-refractivity contribution < 1.29 is 14.4 Å². The van der Waals surface area contributed by atoms with Crippen LogP contribution in [0.3, 0.4) is 0 Å². The summed E-state index contributed by atoms with van der Waals surface area (Å²) < 4.78 is 0. The van der Waals surface area contributed by atoms with Gasteiger partial charge in [0.1, 0.15) is 5.78 Å². The molecule has 0 unspecified atom stereocenters. The second-order valence-corrected chi connectivity index (χ2v) is 2.59. The van der Waals surface area contributed by atoms with Crippen molar-refractivity contribution >= 4 is 11.8 Å². The average Bonchev–Trinajstić information content (AvgIpc) is 1.98. The summed E-state index contributed by atoms with van der Waals surface area (Å²) >= 11 is 0. The number of ketones is 1. The van der Waals surface area contributed by atoms with Crippen LogP contribution in [0.15, 0.2) is 0 Å². The molecule has 0 aromatic heterocycles. The molecule has 0 atom stereocenters. The number of Topliss-reactive ketones (excluding diaryl/α,β-unsaturated/α-hetero) is 1. The molecular formula is C8H15NO3. The average molecular weight is 173 g/mol. The van der Waals surface area contributed by atoms with E-state index in [0.717, 1.165) is 6.42 Å². The molecule has 0 aliphatic heterocycles. The summed E-state index contributed by atoms with van der Waals surface area (Å²) in [6, 6.07) is 0. The lowest BCUT2D eigenvalue weighted by atomic mass is 10.1. The number of hydrogen-bond donors (Lipinski definition) is 1. The zero-order chi connectivity index (χ0) is 9.40. The fourth-order valence-corrected chi connectivity index (χ4v) is 0.808. The number of hydroxylamine groups is 1. The first-order chi connectivity index (χ1) is 5.66. The molecule has 0 spiro atoms. The Morgan fingerprint density at radius 1 is 1.25 bits per heavy atom. The molecule has 12 heavy (non-hydrogen) atoms. The number of unbranched alkanes of at least 4 members (excludes halogenated alkanes) is 1. The molecule has 0 aromatic carbocycles. The van der Waals surface area contributed by atoms with Crippen LogP contribution in [0, 0.1) is 0 Å². The normalized spacial score (nSPS) is 9.50. The molecule has 0 aliphatic carbocycles. The van der Waals surface area contributed by atoms with Crippen molar-refractivity contribution in [3.05, 3.63) is 0 Å². The van der Waals surface area contributed by atoms with Crippen molar-refractivity contribution in [2.45, 2.75) is 32.6 Å². The largest absolute Gasteiger partial charge is 0.371 e. The number of carbonyl (C=O) groups excluding carboxylic acids is 2. The summed E-state index contributed by atoms with van der Waals surface area (Å²) in [6.07, 6.45) is 2.38. The number of carbonyl (C=O) groups is 2. The van der Waals surface area contributed by atoms with E-state index in [0.29, 0.717) is 19.3 Å². The van der Waals surface area contributed by atoms with Gasteiger partial charge in [-0.3, -0.25) is 4.79 Å². The Bertz CT molecular complexity index is 156. The van der Waals surface area contributed by atoms with Crippen molar-refractivity contribution in [1.82, 2.24) is 5.48 Å². The highest BCUT2D eigenvalue weighted by atomic mass is 16.7. The Labute approximate surface area is 72.2 Å². The van der Waals surface area contributed by atoms with E-state index in [1.54, 1.807) is 6.92 Å². The Hall–Kier alpha value is -0.900. The van der Waals surface area contributed by atoms with E-state index in [9.17, 15) is 9.59 Å². The third-order valence-electron chi connectivity index (χ3n) is 1.38. The lowest BCUT2D eigenvalue weighted by molar-refractivity contribution is -0.150. The molecule has 4 heteroatoms. The van der Waals surface area contributed by atoms with Gasteiger partial charge in [0, 0.05) is 19.9 Å². The predicted molar refractivity (Wildman–Crippen MR) is 44.3 cm³/mol. The van der Waals surface area contributed by atoms with Gasteiger partial charge < -0.3 is 9.63 Å². The maximum atomic E-state index is 10.7. The van der Waals surface area contributed by atoms with E-state index >= 15 is 0 Å². The second kappa shape index (κ2) is 6.79. The first kappa shape index (κ1) is 11.1. The highest BCUT2D eigenvalue weighted by Crippen LogP contribution is 2.00. The van der Waals surface area contributed by atoms with Crippen LogP contribution in [0.1, 0.15) is 32.6 Å². The summed E-state index contributed by atoms with van der Waals surface area (Å²) in [6.45, 7) is 1.55. The molecule has 70 valence electrons. The molecule has 0 heterocycles. The standard InChI is InChI=1S/C8H15NO3/c1-7(10)5-3-4-6-8(11)12-9-2/h9H,3-6H2,1-2H3. The van der Waals surface area contributed by atoms with E-state index in [4.69, 9.17) is 0 Å². The van der Waals surface area contributed by atoms with Gasteiger partial charge in [-0.1, -0.05) is 0 Å². The summed E-state index contributed by atoms with van der Waals surface area (Å²) in [5, 5.41) is 0. The Kier molecular flexibility index (Phi) is 6.28. The zero-order valence-corrected chi connectivity index (χ0v) is 7.55. The minimum atomic E-state index is -0.277. The maximum Gasteiger partial charge on any atom is 0.324 e. The van der Waals surface area contributed by atoms with Crippen molar-refractivity contribution in [1.29, 1.82) is 0 Å². The summed E-state index contributed by atoms with van der Waals surface area (Å²) in [4.78, 5) is 25.7. The van der Waals surface area contributed by atoms with Gasteiger partial charge in [-0.15, -0.1) is 0 Å². The van der Waals surface area contributed by atoms with Crippen LogP contribution in [0.5, 0.6) is 0 Å². The van der Waals surface area contributed by atoms with Gasteiger partial charge in [-0.2, -0.15) is 5.48 Å². The fourth-order valence-electron chi connectivity index (χ4n) is 0.808. The van der Waals surface area contributed by atoms with Gasteiger partial charge in [0.05, 0.1) is 0 Å². The van der Waals surface area contributed by atoms with Crippen LogP contribution in [0.2, 0.25) is 0 Å². The monoisotopic (exact) mass is 173 g/mol. The SMILES string of the molecule is CNOC(=O)CCCCC(C)=O. The number of nitrogens with one attached hydrogen (secondary N) is 1. The summed E-state index contributed by atoms with van der Waals surface area (Å²) in [5.41, 5.74) is 2.30. The molecule has 1 N–H and O–H groups in total. The Balaban J connectivity index is 3.19. The topological polar surface area (TPSA) is 55.4 Å². The predicted octanol–water partition coefficient (Wildman–Crippen LogP) is 0.813. The van der Waals surface area contributed by atoms with Crippen LogP contribution in [0.25, 0.3) is 0 Å². The van der Waals surface area contributed by atoms with Gasteiger partial charge in [0.2, 0.25) is 0 Å². The van der Waals surface area contributed by atoms with Crippen molar-refractivity contribution in [2.24, 2.45) is 0 Å². The first-order valence-corrected chi connectivity index (χ1v) is 4.02. The minimum absolute atomic E-state index is 0.164. The van der Waals surface area contributed by atoms with Crippen LogP contribution in [-0.2, 0) is 14.4 Å². The molecule has 0 aliphatic rings. The van der Waals surface area contributed by atoms with Crippen molar-refractivity contribution in [2.75, 3.05) is 7.05 Å². The smallest absolute Gasteiger partial charge is 0.324 e. The molecule has 0 amide bonds. The van der Waals surface area contributed by atoms with E-state index in [-0.39, 0.29) is 11.8 Å². The zero-order valence-electron chi connectivity index (χ0n) is 7.55. The Morgan fingerprint density at radius 2 is 1.83 bits per heavy atom. The van der Waals surface area contributed by atoms with E-state index in [2.05, 4.69) is 10.3 Å². The molecular weight excluding hydrogens is 158 g/mol. The number of rotatable bonds is 6. The van der Waals surface area contributed by atoms with Crippen LogP contribution >= 0.6 is 0 Å². The van der Waals surface area contributed by atoms with Gasteiger partial charge >= 0.3 is 5.97 Å². The van der Waals surface area contributed by atoms with E-state index in [1.807, 2.05) is 0 Å². The highest BCUT2D eigenvalue weighted by molar-refractivity contribution is 5.75. The molecule has 0 radical (unpaired) electrons. The van der Waals surface area contributed by atoms with E-state index in [1.165, 1.54) is 7.05 Å². The van der Waals surface area contributed by atoms with E-state index < -0.39 is 0 Å². The summed E-state index contributed by atoms with van der Waals surface area (Å²) in [7, 11) is 1.54. The molecule has 0 fully saturated rings. The van der Waals surface area contributed by atoms with Gasteiger partial charge in [0.25, 0.3) is 0 Å². The van der Waals surface area contributed by atoms with Gasteiger partial charge in [-0.05, 0) is 19.8 Å². The molecule has 0 saturated carbocycles. The molecule has 0 aromatic rings. The molecule has 0 rings (SSSR count).